The summed E-state index contributed by atoms with van der Waals surface area (Å²) in [5.74, 6) is -0.926. The average molecular weight is 216 g/mol. The Morgan fingerprint density at radius 3 is 2.73 bits per heavy atom. The number of carboxylic acid groups (broad SMARTS) is 1. The summed E-state index contributed by atoms with van der Waals surface area (Å²) < 4.78 is 9.57. The molecule has 0 aromatic rings. The van der Waals surface area contributed by atoms with E-state index < -0.39 is 11.7 Å². The van der Waals surface area contributed by atoms with Crippen molar-refractivity contribution in [2.24, 2.45) is 0 Å². The SMILES string of the molecule is COP(=S)(S)OCCC(=O)O. The summed E-state index contributed by atoms with van der Waals surface area (Å²) in [5, 5.41) is 8.22. The van der Waals surface area contributed by atoms with Gasteiger partial charge in [-0.2, -0.15) is 0 Å². The van der Waals surface area contributed by atoms with E-state index in [0.29, 0.717) is 0 Å². The van der Waals surface area contributed by atoms with Crippen molar-refractivity contribution in [3.63, 3.8) is 0 Å². The van der Waals surface area contributed by atoms with Crippen molar-refractivity contribution in [1.29, 1.82) is 0 Å². The molecule has 0 bridgehead atoms. The number of aliphatic carboxylic acids is 1. The minimum atomic E-state index is -2.47. The van der Waals surface area contributed by atoms with Gasteiger partial charge in [-0.1, -0.05) is 12.2 Å². The first-order valence-electron chi connectivity index (χ1n) is 2.73. The van der Waals surface area contributed by atoms with Gasteiger partial charge in [-0.3, -0.25) is 4.79 Å². The second-order valence-corrected chi connectivity index (χ2v) is 7.02. The molecule has 0 saturated heterocycles. The molecule has 11 heavy (non-hydrogen) atoms. The first-order valence-corrected chi connectivity index (χ1v) is 6.52. The third-order valence-corrected chi connectivity index (χ3v) is 3.37. The lowest BCUT2D eigenvalue weighted by Crippen LogP contribution is -2.00. The number of carbonyl (C=O) groups is 1. The van der Waals surface area contributed by atoms with Crippen LogP contribution in [-0.4, -0.2) is 24.8 Å². The van der Waals surface area contributed by atoms with E-state index >= 15 is 0 Å². The van der Waals surface area contributed by atoms with Crippen LogP contribution in [0.1, 0.15) is 6.42 Å². The highest BCUT2D eigenvalue weighted by atomic mass is 32.9. The first kappa shape index (κ1) is 11.4. The van der Waals surface area contributed by atoms with Crippen molar-refractivity contribution in [2.75, 3.05) is 13.7 Å². The van der Waals surface area contributed by atoms with Crippen molar-refractivity contribution in [1.82, 2.24) is 0 Å². The molecule has 0 amide bonds. The summed E-state index contributed by atoms with van der Waals surface area (Å²) in [7, 11) is 1.38. The highest BCUT2D eigenvalue weighted by Crippen LogP contribution is 2.52. The summed E-state index contributed by atoms with van der Waals surface area (Å²) >= 11 is 8.61. The Hall–Kier alpha value is 0.390. The van der Waals surface area contributed by atoms with Crippen molar-refractivity contribution in [3.8, 4) is 0 Å². The Kier molecular flexibility index (Phi) is 5.29. The third-order valence-electron chi connectivity index (χ3n) is 0.801. The Morgan fingerprint density at radius 1 is 1.82 bits per heavy atom. The second kappa shape index (κ2) is 5.11. The minimum Gasteiger partial charge on any atom is -0.481 e. The lowest BCUT2D eigenvalue weighted by Gasteiger charge is -2.12. The fourth-order valence-corrected chi connectivity index (χ4v) is 1.20. The van der Waals surface area contributed by atoms with Crippen LogP contribution in [0.4, 0.5) is 0 Å². The summed E-state index contributed by atoms with van der Waals surface area (Å²) in [6, 6.07) is 0. The van der Waals surface area contributed by atoms with Crippen LogP contribution in [0.3, 0.4) is 0 Å². The average Bonchev–Trinajstić information content (AvgIpc) is 1.87. The van der Waals surface area contributed by atoms with Crippen LogP contribution < -0.4 is 0 Å². The molecule has 0 aliphatic rings. The Labute approximate surface area is 75.2 Å². The summed E-state index contributed by atoms with van der Waals surface area (Å²) in [6.45, 7) is 0.0456. The quantitative estimate of drug-likeness (QED) is 0.535. The molecular formula is C4H9O4PS2. The van der Waals surface area contributed by atoms with Crippen LogP contribution >= 0.6 is 17.9 Å². The lowest BCUT2D eigenvalue weighted by atomic mass is 10.5. The standard InChI is InChI=1S/C4H9O4PS2/c1-7-9(10,11)8-3-2-4(5)6/h2-3H2,1H3,(H,5,6)(H,10,11). The van der Waals surface area contributed by atoms with Gasteiger partial charge in [0.25, 0.3) is 0 Å². The number of carboxylic acids is 1. The molecule has 0 fully saturated rings. The molecule has 0 saturated carbocycles. The zero-order valence-electron chi connectivity index (χ0n) is 5.89. The molecule has 0 radical (unpaired) electrons. The van der Waals surface area contributed by atoms with Crippen LogP contribution in [0.15, 0.2) is 0 Å². The highest BCUT2D eigenvalue weighted by Gasteiger charge is 2.10. The van der Waals surface area contributed by atoms with E-state index in [0.717, 1.165) is 0 Å². The normalized spacial score (nSPS) is 15.8. The molecule has 0 spiro atoms. The van der Waals surface area contributed by atoms with E-state index in [-0.39, 0.29) is 13.0 Å². The van der Waals surface area contributed by atoms with E-state index in [1.807, 2.05) is 0 Å². The van der Waals surface area contributed by atoms with E-state index in [1.54, 1.807) is 0 Å². The van der Waals surface area contributed by atoms with Gasteiger partial charge < -0.3 is 14.2 Å². The summed E-state index contributed by atoms with van der Waals surface area (Å²) in [4.78, 5) is 10.0. The molecule has 0 aromatic carbocycles. The zero-order chi connectivity index (χ0) is 8.91. The largest absolute Gasteiger partial charge is 0.481 e. The number of thiol groups is 1. The third kappa shape index (κ3) is 6.77. The van der Waals surface area contributed by atoms with Crippen molar-refractivity contribution < 1.29 is 18.9 Å². The van der Waals surface area contributed by atoms with Gasteiger partial charge in [0, 0.05) is 7.11 Å². The second-order valence-electron chi connectivity index (χ2n) is 1.63. The van der Waals surface area contributed by atoms with Crippen molar-refractivity contribution in [3.05, 3.63) is 0 Å². The number of hydrogen-bond acceptors (Lipinski definition) is 4. The van der Waals surface area contributed by atoms with E-state index in [2.05, 4.69) is 12.2 Å². The van der Waals surface area contributed by atoms with Crippen LogP contribution in [0.25, 0.3) is 0 Å². The molecule has 0 heterocycles. The van der Waals surface area contributed by atoms with Crippen LogP contribution in [-0.2, 0) is 25.6 Å². The van der Waals surface area contributed by atoms with Crippen molar-refractivity contribution >= 4 is 35.7 Å². The smallest absolute Gasteiger partial charge is 0.305 e. The molecule has 1 atom stereocenters. The Bertz CT molecular complexity index is 183. The molecule has 1 N–H and O–H groups in total. The van der Waals surface area contributed by atoms with E-state index in [4.69, 9.17) is 26.0 Å². The van der Waals surface area contributed by atoms with Gasteiger partial charge in [0.2, 0.25) is 5.69 Å². The van der Waals surface area contributed by atoms with Gasteiger partial charge in [0.05, 0.1) is 13.0 Å². The van der Waals surface area contributed by atoms with Gasteiger partial charge >= 0.3 is 5.97 Å². The van der Waals surface area contributed by atoms with Gasteiger partial charge in [0.1, 0.15) is 0 Å². The predicted octanol–water partition coefficient (Wildman–Crippen LogP) is 1.28. The molecule has 0 aliphatic carbocycles. The highest BCUT2D eigenvalue weighted by molar-refractivity contribution is 8.60. The fraction of sp³-hybridized carbons (Fsp3) is 0.750. The van der Waals surface area contributed by atoms with E-state index in [1.165, 1.54) is 7.11 Å². The molecule has 1 unspecified atom stereocenters. The maximum atomic E-state index is 10.0. The van der Waals surface area contributed by atoms with Gasteiger partial charge in [-0.15, -0.1) is 0 Å². The monoisotopic (exact) mass is 216 g/mol. The van der Waals surface area contributed by atoms with Crippen LogP contribution in [0.5, 0.6) is 0 Å². The molecule has 0 aromatic heterocycles. The van der Waals surface area contributed by atoms with Gasteiger partial charge in [-0.05, 0) is 11.8 Å². The van der Waals surface area contributed by atoms with Crippen LogP contribution in [0.2, 0.25) is 0 Å². The van der Waals surface area contributed by atoms with Crippen LogP contribution in [0, 0.1) is 0 Å². The first-order chi connectivity index (χ1) is 4.98. The fourth-order valence-electron chi connectivity index (χ4n) is 0.301. The maximum Gasteiger partial charge on any atom is 0.305 e. The molecule has 0 rings (SSSR count). The van der Waals surface area contributed by atoms with Crippen molar-refractivity contribution in [2.45, 2.75) is 6.42 Å². The molecule has 0 aliphatic heterocycles. The minimum absolute atomic E-state index is 0.0456. The molecule has 66 valence electrons. The molecular weight excluding hydrogens is 207 g/mol. The van der Waals surface area contributed by atoms with E-state index in [9.17, 15) is 4.79 Å². The maximum absolute atomic E-state index is 10.0. The van der Waals surface area contributed by atoms with Gasteiger partial charge in [0.15, 0.2) is 0 Å². The Balaban J connectivity index is 3.54. The number of rotatable bonds is 5. The zero-order valence-corrected chi connectivity index (χ0v) is 8.49. The van der Waals surface area contributed by atoms with Gasteiger partial charge in [-0.25, -0.2) is 0 Å². The topological polar surface area (TPSA) is 55.8 Å². The molecule has 7 heteroatoms. The Morgan fingerprint density at radius 2 is 2.36 bits per heavy atom. The summed E-state index contributed by atoms with van der Waals surface area (Å²) in [5.41, 5.74) is -2.47. The lowest BCUT2D eigenvalue weighted by molar-refractivity contribution is -0.137. The predicted molar refractivity (Wildman–Crippen MR) is 48.5 cm³/mol. The number of hydrogen-bond donors (Lipinski definition) is 2. The summed E-state index contributed by atoms with van der Waals surface area (Å²) in [6.07, 6.45) is -0.0810. The molecule has 4 nitrogen and oxygen atoms in total.